The predicted molar refractivity (Wildman–Crippen MR) is 32.7 cm³/mol. The molecule has 0 aliphatic heterocycles. The van der Waals surface area contributed by atoms with E-state index in [9.17, 15) is 14.7 Å². The zero-order valence-electron chi connectivity index (χ0n) is 7.54. The van der Waals surface area contributed by atoms with Gasteiger partial charge in [-0.3, -0.25) is 0 Å². The third kappa shape index (κ3) is 9.74. The molecule has 0 amide bonds. The minimum Gasteiger partial charge on any atom is -0.453 e. The summed E-state index contributed by atoms with van der Waals surface area (Å²) in [6.07, 6.45) is -3.18. The van der Waals surface area contributed by atoms with Gasteiger partial charge in [-0.05, 0) is 20.8 Å². The van der Waals surface area contributed by atoms with Crippen molar-refractivity contribution in [3.63, 3.8) is 0 Å². The standard InChI is InChI=1S/C6H10O5.Na/c1-6(2,3)11-5(9)10-4(7)8;/h1-3H3,(H,7,8);/q;+1/p-1. The Labute approximate surface area is 92.3 Å². The maximum atomic E-state index is 10.4. The molecular weight excluding hydrogens is 175 g/mol. The predicted octanol–water partition coefficient (Wildman–Crippen LogP) is -2.71. The van der Waals surface area contributed by atoms with Gasteiger partial charge >= 0.3 is 35.7 Å². The average Bonchev–Trinajstić information content (AvgIpc) is 1.53. The average molecular weight is 184 g/mol. The molecule has 12 heavy (non-hydrogen) atoms. The van der Waals surface area contributed by atoms with Crippen LogP contribution in [-0.4, -0.2) is 17.9 Å². The Morgan fingerprint density at radius 3 is 1.92 bits per heavy atom. The summed E-state index contributed by atoms with van der Waals surface area (Å²) in [4.78, 5) is 20.1. The Balaban J connectivity index is 0. The fraction of sp³-hybridized carbons (Fsp3) is 0.667. The second-order valence-electron chi connectivity index (χ2n) is 2.82. The Bertz CT molecular complexity index is 171. The summed E-state index contributed by atoms with van der Waals surface area (Å²) < 4.78 is 8.04. The molecule has 0 aromatic carbocycles. The molecule has 0 fully saturated rings. The SMILES string of the molecule is CC(C)(C)OC(=O)OC(=O)[O-].[Na+]. The van der Waals surface area contributed by atoms with Crippen LogP contribution in [0.4, 0.5) is 9.59 Å². The van der Waals surface area contributed by atoms with Crippen LogP contribution in [0, 0.1) is 0 Å². The van der Waals surface area contributed by atoms with Crippen LogP contribution < -0.4 is 34.7 Å². The molecule has 0 rings (SSSR count). The number of carbonyl (C=O) groups excluding carboxylic acids is 2. The fourth-order valence-electron chi connectivity index (χ4n) is 0.339. The van der Waals surface area contributed by atoms with Crippen LogP contribution in [0.5, 0.6) is 0 Å². The van der Waals surface area contributed by atoms with Crippen molar-refractivity contribution in [2.45, 2.75) is 26.4 Å². The molecule has 0 unspecified atom stereocenters. The summed E-state index contributed by atoms with van der Waals surface area (Å²) >= 11 is 0. The van der Waals surface area contributed by atoms with Crippen LogP contribution >= 0.6 is 0 Å². The van der Waals surface area contributed by atoms with Crippen molar-refractivity contribution in [2.24, 2.45) is 0 Å². The van der Waals surface area contributed by atoms with Gasteiger partial charge in [-0.2, -0.15) is 0 Å². The molecule has 0 atom stereocenters. The first kappa shape index (κ1) is 14.3. The number of rotatable bonds is 0. The van der Waals surface area contributed by atoms with Gasteiger partial charge in [-0.1, -0.05) is 0 Å². The van der Waals surface area contributed by atoms with Crippen LogP contribution in [0.3, 0.4) is 0 Å². The molecular formula is C6H9NaO5. The molecule has 0 saturated heterocycles. The maximum absolute atomic E-state index is 10.4. The molecule has 0 aromatic rings. The van der Waals surface area contributed by atoms with Gasteiger partial charge in [0.15, 0.2) is 0 Å². The van der Waals surface area contributed by atoms with Crippen LogP contribution in [0.25, 0.3) is 0 Å². The monoisotopic (exact) mass is 184 g/mol. The first-order valence-electron chi connectivity index (χ1n) is 2.93. The van der Waals surface area contributed by atoms with Gasteiger partial charge < -0.3 is 19.4 Å². The van der Waals surface area contributed by atoms with E-state index in [1.807, 2.05) is 0 Å². The molecule has 0 bridgehead atoms. The van der Waals surface area contributed by atoms with E-state index in [1.54, 1.807) is 20.8 Å². The maximum Gasteiger partial charge on any atom is 1.00 e. The van der Waals surface area contributed by atoms with Crippen LogP contribution in [0.2, 0.25) is 0 Å². The van der Waals surface area contributed by atoms with Crippen molar-refractivity contribution in [3.8, 4) is 0 Å². The number of ether oxygens (including phenoxy) is 2. The Morgan fingerprint density at radius 2 is 1.67 bits per heavy atom. The van der Waals surface area contributed by atoms with Crippen molar-refractivity contribution in [2.75, 3.05) is 0 Å². The summed E-state index contributed by atoms with van der Waals surface area (Å²) in [6, 6.07) is 0. The van der Waals surface area contributed by atoms with E-state index in [0.717, 1.165) is 0 Å². The second-order valence-corrected chi connectivity index (χ2v) is 2.82. The molecule has 64 valence electrons. The van der Waals surface area contributed by atoms with Crippen molar-refractivity contribution in [1.82, 2.24) is 0 Å². The van der Waals surface area contributed by atoms with E-state index in [4.69, 9.17) is 0 Å². The summed E-state index contributed by atoms with van der Waals surface area (Å²) in [5.74, 6) is 0. The number of carbonyl (C=O) groups is 2. The Hall–Kier alpha value is -0.260. The quantitative estimate of drug-likeness (QED) is 0.232. The summed E-state index contributed by atoms with van der Waals surface area (Å²) in [6.45, 7) is 4.76. The smallest absolute Gasteiger partial charge is 0.453 e. The molecule has 6 heteroatoms. The topological polar surface area (TPSA) is 75.7 Å². The first-order valence-corrected chi connectivity index (χ1v) is 2.93. The van der Waals surface area contributed by atoms with Gasteiger partial charge in [0, 0.05) is 0 Å². The first-order chi connectivity index (χ1) is 4.81. The molecule has 5 nitrogen and oxygen atoms in total. The molecule has 0 saturated carbocycles. The number of hydrogen-bond acceptors (Lipinski definition) is 5. The van der Waals surface area contributed by atoms with Crippen LogP contribution in [0.1, 0.15) is 20.8 Å². The third-order valence-corrected chi connectivity index (χ3v) is 0.556. The third-order valence-electron chi connectivity index (χ3n) is 0.556. The van der Waals surface area contributed by atoms with Crippen LogP contribution in [-0.2, 0) is 9.47 Å². The molecule has 0 heterocycles. The molecule has 0 N–H and O–H groups in total. The molecule has 0 spiro atoms. The Kier molecular flexibility index (Phi) is 6.42. The van der Waals surface area contributed by atoms with Gasteiger partial charge in [-0.25, -0.2) is 4.79 Å². The van der Waals surface area contributed by atoms with E-state index in [2.05, 4.69) is 9.47 Å². The van der Waals surface area contributed by atoms with Crippen molar-refractivity contribution < 1.29 is 53.7 Å². The molecule has 0 aromatic heterocycles. The zero-order chi connectivity index (χ0) is 9.07. The van der Waals surface area contributed by atoms with E-state index >= 15 is 0 Å². The van der Waals surface area contributed by atoms with E-state index in [-0.39, 0.29) is 29.6 Å². The zero-order valence-corrected chi connectivity index (χ0v) is 9.54. The van der Waals surface area contributed by atoms with Crippen molar-refractivity contribution in [1.29, 1.82) is 0 Å². The van der Waals surface area contributed by atoms with Gasteiger partial charge in [0.25, 0.3) is 6.16 Å². The van der Waals surface area contributed by atoms with E-state index < -0.39 is 17.9 Å². The largest absolute Gasteiger partial charge is 1.00 e. The summed E-state index contributed by atoms with van der Waals surface area (Å²) in [7, 11) is 0. The van der Waals surface area contributed by atoms with Crippen molar-refractivity contribution in [3.05, 3.63) is 0 Å². The minimum absolute atomic E-state index is 0. The van der Waals surface area contributed by atoms with Crippen molar-refractivity contribution >= 4 is 12.3 Å². The van der Waals surface area contributed by atoms with Gasteiger partial charge in [-0.15, -0.1) is 0 Å². The van der Waals surface area contributed by atoms with E-state index in [0.29, 0.717) is 0 Å². The molecule has 0 radical (unpaired) electrons. The van der Waals surface area contributed by atoms with E-state index in [1.165, 1.54) is 0 Å². The normalized spacial score (nSPS) is 9.58. The molecule has 0 aliphatic carbocycles. The minimum atomic E-state index is -1.92. The second kappa shape index (κ2) is 5.40. The molecule has 0 aliphatic rings. The number of carboxylic acid groups (broad SMARTS) is 1. The Morgan fingerprint density at radius 1 is 1.25 bits per heavy atom. The summed E-state index contributed by atoms with van der Waals surface area (Å²) in [5.41, 5.74) is -0.757. The van der Waals surface area contributed by atoms with Gasteiger partial charge in [0.1, 0.15) is 5.60 Å². The number of hydrogen-bond donors (Lipinski definition) is 0. The summed E-state index contributed by atoms with van der Waals surface area (Å²) in [5, 5.41) is 9.66. The van der Waals surface area contributed by atoms with Crippen LogP contribution in [0.15, 0.2) is 0 Å². The van der Waals surface area contributed by atoms with Gasteiger partial charge in [0.05, 0.1) is 0 Å². The van der Waals surface area contributed by atoms with Gasteiger partial charge in [0.2, 0.25) is 0 Å². The fourth-order valence-corrected chi connectivity index (χ4v) is 0.339.